The van der Waals surface area contributed by atoms with Crippen LogP contribution in [-0.2, 0) is 16.1 Å². The molecule has 1 aromatic rings. The lowest BCUT2D eigenvalue weighted by Gasteiger charge is -2.24. The van der Waals surface area contributed by atoms with Crippen molar-refractivity contribution in [3.05, 3.63) is 61.0 Å². The lowest BCUT2D eigenvalue weighted by Crippen LogP contribution is -2.39. The number of nitrogens with zero attached hydrogens (tertiary/aromatic N) is 1. The minimum atomic E-state index is -0.427. The van der Waals surface area contributed by atoms with E-state index >= 15 is 0 Å². The van der Waals surface area contributed by atoms with Gasteiger partial charge in [-0.05, 0) is 30.6 Å². The molecule has 1 fully saturated rings. The van der Waals surface area contributed by atoms with Gasteiger partial charge in [0.1, 0.15) is 12.7 Å². The van der Waals surface area contributed by atoms with E-state index in [4.69, 9.17) is 9.47 Å². The van der Waals surface area contributed by atoms with E-state index in [1.54, 1.807) is 6.08 Å². The highest BCUT2D eigenvalue weighted by atomic mass is 16.6. The summed E-state index contributed by atoms with van der Waals surface area (Å²) in [5.41, 5.74) is 0.947. The van der Waals surface area contributed by atoms with Crippen molar-refractivity contribution >= 4 is 6.09 Å². The fraction of sp³-hybridized carbons (Fsp3) is 0.389. The molecule has 1 aliphatic rings. The summed E-state index contributed by atoms with van der Waals surface area (Å²) in [6.45, 7) is 12.0. The first-order chi connectivity index (χ1) is 10.5. The van der Waals surface area contributed by atoms with Crippen LogP contribution >= 0.6 is 0 Å². The lowest BCUT2D eigenvalue weighted by molar-refractivity contribution is 0.0961. The molecule has 0 spiro atoms. The van der Waals surface area contributed by atoms with Crippen LogP contribution in [0.5, 0.6) is 0 Å². The quantitative estimate of drug-likeness (QED) is 0.769. The molecule has 2 rings (SSSR count). The van der Waals surface area contributed by atoms with Crippen molar-refractivity contribution in [2.45, 2.75) is 39.0 Å². The van der Waals surface area contributed by atoms with Gasteiger partial charge in [0.15, 0.2) is 5.88 Å². The van der Waals surface area contributed by atoms with Gasteiger partial charge in [-0.15, -0.1) is 0 Å². The molecule has 2 atom stereocenters. The number of carbonyl (C=O) groups excluding carboxylic acids is 1. The average molecular weight is 301 g/mol. The molecule has 22 heavy (non-hydrogen) atoms. The highest BCUT2D eigenvalue weighted by Crippen LogP contribution is 2.31. The van der Waals surface area contributed by atoms with Crippen LogP contribution in [0.1, 0.15) is 25.8 Å². The van der Waals surface area contributed by atoms with Crippen LogP contribution in [0.25, 0.3) is 0 Å². The molecule has 0 N–H and O–H groups in total. The fourth-order valence-electron chi connectivity index (χ4n) is 2.58. The Morgan fingerprint density at radius 1 is 1.41 bits per heavy atom. The molecule has 0 bridgehead atoms. The van der Waals surface area contributed by atoms with E-state index in [0.29, 0.717) is 11.8 Å². The van der Waals surface area contributed by atoms with E-state index in [0.717, 1.165) is 12.0 Å². The van der Waals surface area contributed by atoms with Crippen molar-refractivity contribution in [3.8, 4) is 0 Å². The molecule has 1 heterocycles. The van der Waals surface area contributed by atoms with Gasteiger partial charge >= 0.3 is 6.09 Å². The minimum absolute atomic E-state index is 0.117. The zero-order valence-electron chi connectivity index (χ0n) is 13.2. The SMILES string of the molecule is C=CC1OC(=C)N(C(=O)OCc2ccccc2)C1CC(C)C. The molecule has 1 aromatic carbocycles. The first-order valence-electron chi connectivity index (χ1n) is 7.51. The topological polar surface area (TPSA) is 38.8 Å². The maximum absolute atomic E-state index is 12.4. The van der Waals surface area contributed by atoms with Gasteiger partial charge in [-0.2, -0.15) is 0 Å². The number of hydrogen-bond acceptors (Lipinski definition) is 3. The third-order valence-corrected chi connectivity index (χ3v) is 3.60. The Labute approximate surface area is 132 Å². The van der Waals surface area contributed by atoms with Gasteiger partial charge in [-0.3, -0.25) is 0 Å². The van der Waals surface area contributed by atoms with Crippen molar-refractivity contribution in [1.82, 2.24) is 4.90 Å². The molecule has 0 aromatic heterocycles. The highest BCUT2D eigenvalue weighted by molar-refractivity contribution is 5.70. The summed E-state index contributed by atoms with van der Waals surface area (Å²) in [4.78, 5) is 13.9. The second-order valence-corrected chi connectivity index (χ2v) is 5.82. The Kier molecular flexibility index (Phi) is 5.26. The number of amides is 1. The van der Waals surface area contributed by atoms with Crippen LogP contribution in [0, 0.1) is 5.92 Å². The predicted octanol–water partition coefficient (Wildman–Crippen LogP) is 4.10. The highest BCUT2D eigenvalue weighted by Gasteiger charge is 2.41. The summed E-state index contributed by atoms with van der Waals surface area (Å²) in [5, 5.41) is 0. The van der Waals surface area contributed by atoms with Crippen LogP contribution in [-0.4, -0.2) is 23.1 Å². The zero-order chi connectivity index (χ0) is 16.1. The van der Waals surface area contributed by atoms with Crippen LogP contribution in [0.4, 0.5) is 4.79 Å². The van der Waals surface area contributed by atoms with Crippen LogP contribution in [0.3, 0.4) is 0 Å². The number of carbonyl (C=O) groups is 1. The number of hydrogen-bond donors (Lipinski definition) is 0. The molecule has 1 aliphatic heterocycles. The Hall–Kier alpha value is -2.23. The molecule has 1 amide bonds. The van der Waals surface area contributed by atoms with Crippen molar-refractivity contribution < 1.29 is 14.3 Å². The van der Waals surface area contributed by atoms with Crippen LogP contribution < -0.4 is 0 Å². The first kappa shape index (κ1) is 16.1. The molecule has 4 heteroatoms. The van der Waals surface area contributed by atoms with Gasteiger partial charge in [-0.25, -0.2) is 9.69 Å². The van der Waals surface area contributed by atoms with Gasteiger partial charge < -0.3 is 9.47 Å². The van der Waals surface area contributed by atoms with Gasteiger partial charge in [0.25, 0.3) is 0 Å². The second-order valence-electron chi connectivity index (χ2n) is 5.82. The Morgan fingerprint density at radius 3 is 2.68 bits per heavy atom. The summed E-state index contributed by atoms with van der Waals surface area (Å²) >= 11 is 0. The monoisotopic (exact) mass is 301 g/mol. The molecule has 0 saturated carbocycles. The zero-order valence-corrected chi connectivity index (χ0v) is 13.2. The summed E-state index contributed by atoms with van der Waals surface area (Å²) in [6.07, 6.45) is 1.85. The molecule has 1 saturated heterocycles. The van der Waals surface area contributed by atoms with Crippen molar-refractivity contribution in [2.24, 2.45) is 5.92 Å². The van der Waals surface area contributed by atoms with E-state index in [2.05, 4.69) is 27.0 Å². The third kappa shape index (κ3) is 3.70. The average Bonchev–Trinajstić information content (AvgIpc) is 2.81. The van der Waals surface area contributed by atoms with E-state index < -0.39 is 6.09 Å². The molecular weight excluding hydrogens is 278 g/mol. The summed E-state index contributed by atoms with van der Waals surface area (Å²) in [7, 11) is 0. The van der Waals surface area contributed by atoms with E-state index in [1.165, 1.54) is 4.90 Å². The van der Waals surface area contributed by atoms with Gasteiger partial charge in [-0.1, -0.05) is 50.8 Å². The second kappa shape index (κ2) is 7.16. The van der Waals surface area contributed by atoms with Crippen molar-refractivity contribution in [1.29, 1.82) is 0 Å². The smallest absolute Gasteiger partial charge is 0.417 e. The Balaban J connectivity index is 2.05. The lowest BCUT2D eigenvalue weighted by atomic mass is 9.99. The van der Waals surface area contributed by atoms with Crippen LogP contribution in [0.2, 0.25) is 0 Å². The molecule has 0 radical (unpaired) electrons. The van der Waals surface area contributed by atoms with Gasteiger partial charge in [0, 0.05) is 0 Å². The maximum Gasteiger partial charge on any atom is 0.417 e. The Bertz CT molecular complexity index is 539. The standard InChI is InChI=1S/C18H23NO3/c1-5-17-16(11-13(2)3)19(14(4)22-17)18(20)21-12-15-9-7-6-8-10-15/h5-10,13,16-17H,1,4,11-12H2,2-3H3. The van der Waals surface area contributed by atoms with Gasteiger partial charge in [0.2, 0.25) is 0 Å². The molecular formula is C18H23NO3. The Morgan fingerprint density at radius 2 is 2.09 bits per heavy atom. The molecule has 2 unspecified atom stereocenters. The first-order valence-corrected chi connectivity index (χ1v) is 7.51. The summed E-state index contributed by atoms with van der Waals surface area (Å²) in [6, 6.07) is 9.47. The van der Waals surface area contributed by atoms with Crippen molar-refractivity contribution in [3.63, 3.8) is 0 Å². The molecule has 4 nitrogen and oxygen atoms in total. The third-order valence-electron chi connectivity index (χ3n) is 3.60. The van der Waals surface area contributed by atoms with E-state index in [-0.39, 0.29) is 18.8 Å². The predicted molar refractivity (Wildman–Crippen MR) is 85.9 cm³/mol. The number of benzene rings is 1. The van der Waals surface area contributed by atoms with Crippen molar-refractivity contribution in [2.75, 3.05) is 0 Å². The maximum atomic E-state index is 12.4. The van der Waals surface area contributed by atoms with E-state index in [1.807, 2.05) is 30.3 Å². The largest absolute Gasteiger partial charge is 0.469 e. The number of ether oxygens (including phenoxy) is 2. The minimum Gasteiger partial charge on any atom is -0.469 e. The summed E-state index contributed by atoms with van der Waals surface area (Å²) in [5.74, 6) is 0.750. The normalized spacial score (nSPS) is 20.9. The van der Waals surface area contributed by atoms with Gasteiger partial charge in [0.05, 0.1) is 6.04 Å². The van der Waals surface area contributed by atoms with E-state index in [9.17, 15) is 4.79 Å². The molecule has 118 valence electrons. The fourth-order valence-corrected chi connectivity index (χ4v) is 2.58. The number of rotatable bonds is 5. The van der Waals surface area contributed by atoms with Crippen LogP contribution in [0.15, 0.2) is 55.4 Å². The summed E-state index contributed by atoms with van der Waals surface area (Å²) < 4.78 is 11.0. The molecule has 0 aliphatic carbocycles.